The number of unbranched alkanes of at least 4 members (excludes halogenated alkanes) is 1. The number of hydrogen-bond donors (Lipinski definition) is 0. The largest absolute Gasteiger partial charge is 0.489 e. The van der Waals surface area contributed by atoms with E-state index in [1.807, 2.05) is 0 Å². The normalized spacial score (nSPS) is 31.4. The first-order chi connectivity index (χ1) is 9.22. The summed E-state index contributed by atoms with van der Waals surface area (Å²) >= 11 is 0. The van der Waals surface area contributed by atoms with Crippen LogP contribution in [0.25, 0.3) is 0 Å². The minimum absolute atomic E-state index is 0.0960. The van der Waals surface area contributed by atoms with Gasteiger partial charge in [0, 0.05) is 18.4 Å². The topological polar surface area (TPSA) is 26.3 Å². The summed E-state index contributed by atoms with van der Waals surface area (Å²) in [6, 6.07) is 0. The first kappa shape index (κ1) is 12.7. The van der Waals surface area contributed by atoms with Gasteiger partial charge in [0.15, 0.2) is 5.78 Å². The van der Waals surface area contributed by atoms with Crippen LogP contribution >= 0.6 is 0 Å². The zero-order chi connectivity index (χ0) is 13.4. The molecule has 19 heavy (non-hydrogen) atoms. The van der Waals surface area contributed by atoms with Crippen LogP contribution in [-0.2, 0) is 9.53 Å². The molecule has 102 valence electrons. The molecule has 0 unspecified atom stereocenters. The van der Waals surface area contributed by atoms with Crippen molar-refractivity contribution in [2.45, 2.75) is 58.5 Å². The van der Waals surface area contributed by atoms with Crippen molar-refractivity contribution in [3.63, 3.8) is 0 Å². The molecule has 0 aromatic carbocycles. The van der Waals surface area contributed by atoms with E-state index in [9.17, 15) is 4.79 Å². The van der Waals surface area contributed by atoms with Crippen LogP contribution in [0.3, 0.4) is 0 Å². The maximum Gasteiger partial charge on any atom is 0.163 e. The first-order valence-corrected chi connectivity index (χ1v) is 7.53. The molecule has 0 saturated heterocycles. The SMILES string of the molecule is CCCC/C(C)=C1\C=C[C@@H]2OC3=C(C(=O)CCC3)[C@H]12. The van der Waals surface area contributed by atoms with Crippen LogP contribution in [0.4, 0.5) is 0 Å². The molecule has 0 radical (unpaired) electrons. The Morgan fingerprint density at radius 3 is 3.05 bits per heavy atom. The Kier molecular flexibility index (Phi) is 3.34. The second-order valence-electron chi connectivity index (χ2n) is 5.87. The third-order valence-corrected chi connectivity index (χ3v) is 4.53. The maximum atomic E-state index is 12.2. The molecule has 0 fully saturated rings. The van der Waals surface area contributed by atoms with E-state index in [1.165, 1.54) is 24.0 Å². The van der Waals surface area contributed by atoms with Gasteiger partial charge in [-0.25, -0.2) is 0 Å². The lowest BCUT2D eigenvalue weighted by atomic mass is 9.82. The number of hydrogen-bond acceptors (Lipinski definition) is 2. The van der Waals surface area contributed by atoms with E-state index in [1.54, 1.807) is 0 Å². The van der Waals surface area contributed by atoms with Gasteiger partial charge in [-0.05, 0) is 37.8 Å². The molecule has 0 amide bonds. The van der Waals surface area contributed by atoms with Gasteiger partial charge in [-0.2, -0.15) is 0 Å². The molecule has 2 aliphatic carbocycles. The van der Waals surface area contributed by atoms with Gasteiger partial charge in [-0.3, -0.25) is 4.79 Å². The quantitative estimate of drug-likeness (QED) is 0.762. The lowest BCUT2D eigenvalue weighted by molar-refractivity contribution is -0.116. The molecule has 0 N–H and O–H groups in total. The second-order valence-corrected chi connectivity index (χ2v) is 5.87. The first-order valence-electron chi connectivity index (χ1n) is 7.53. The highest BCUT2D eigenvalue weighted by molar-refractivity contribution is 5.98. The Hall–Kier alpha value is -1.31. The molecule has 3 aliphatic rings. The molecule has 0 bridgehead atoms. The van der Waals surface area contributed by atoms with E-state index in [2.05, 4.69) is 26.0 Å². The Balaban J connectivity index is 1.92. The standard InChI is InChI=1S/C17H22O2/c1-3-4-6-11(2)12-9-10-15-16(12)17-13(18)7-5-8-14(17)19-15/h9-10,15-16H,3-8H2,1-2H3/b12-11+/t15-,16+/m0/s1. The fraction of sp³-hybridized carbons (Fsp3) is 0.588. The summed E-state index contributed by atoms with van der Waals surface area (Å²) in [6.45, 7) is 4.43. The van der Waals surface area contributed by atoms with Crippen LogP contribution in [0.1, 0.15) is 52.4 Å². The van der Waals surface area contributed by atoms with Gasteiger partial charge in [-0.15, -0.1) is 0 Å². The number of Topliss-reactive ketones (excluding diaryl/α,β-unsaturated/α-hetero) is 1. The van der Waals surface area contributed by atoms with Crippen molar-refractivity contribution in [2.75, 3.05) is 0 Å². The summed E-state index contributed by atoms with van der Waals surface area (Å²) in [5.74, 6) is 1.51. The molecular formula is C17H22O2. The number of carbonyl (C=O) groups excluding carboxylic acids is 1. The fourth-order valence-corrected chi connectivity index (χ4v) is 3.48. The Morgan fingerprint density at radius 2 is 2.26 bits per heavy atom. The van der Waals surface area contributed by atoms with Crippen molar-refractivity contribution < 1.29 is 9.53 Å². The molecular weight excluding hydrogens is 236 g/mol. The van der Waals surface area contributed by atoms with Crippen LogP contribution in [0, 0.1) is 5.92 Å². The molecule has 2 nitrogen and oxygen atoms in total. The van der Waals surface area contributed by atoms with Crippen molar-refractivity contribution >= 4 is 5.78 Å². The van der Waals surface area contributed by atoms with Crippen molar-refractivity contribution in [3.8, 4) is 0 Å². The molecule has 0 aromatic rings. The Labute approximate surface area is 115 Å². The molecule has 0 saturated carbocycles. The van der Waals surface area contributed by atoms with Gasteiger partial charge in [-0.1, -0.05) is 25.0 Å². The average Bonchev–Trinajstić information content (AvgIpc) is 2.94. The summed E-state index contributed by atoms with van der Waals surface area (Å²) < 4.78 is 5.98. The number of ketones is 1. The number of allylic oxidation sites excluding steroid dienone is 3. The summed E-state index contributed by atoms with van der Waals surface area (Å²) in [7, 11) is 0. The van der Waals surface area contributed by atoms with Gasteiger partial charge < -0.3 is 4.74 Å². The third-order valence-electron chi connectivity index (χ3n) is 4.53. The number of fused-ring (bicyclic) bond motifs is 2. The average molecular weight is 258 g/mol. The lowest BCUT2D eigenvalue weighted by Crippen LogP contribution is -2.19. The Morgan fingerprint density at radius 1 is 1.42 bits per heavy atom. The third kappa shape index (κ3) is 2.07. The van der Waals surface area contributed by atoms with Crippen molar-refractivity contribution in [3.05, 3.63) is 34.6 Å². The summed E-state index contributed by atoms with van der Waals surface area (Å²) in [4.78, 5) is 12.2. The van der Waals surface area contributed by atoms with Gasteiger partial charge in [0.05, 0.1) is 5.92 Å². The fourth-order valence-electron chi connectivity index (χ4n) is 3.48. The van der Waals surface area contributed by atoms with E-state index in [0.717, 1.165) is 30.6 Å². The Bertz CT molecular complexity index is 493. The van der Waals surface area contributed by atoms with Crippen molar-refractivity contribution in [2.24, 2.45) is 5.92 Å². The number of ether oxygens (including phenoxy) is 1. The highest BCUT2D eigenvalue weighted by Crippen LogP contribution is 2.46. The number of rotatable bonds is 3. The molecule has 1 heterocycles. The lowest BCUT2D eigenvalue weighted by Gasteiger charge is -2.17. The second kappa shape index (κ2) is 4.99. The van der Waals surface area contributed by atoms with Crippen molar-refractivity contribution in [1.29, 1.82) is 0 Å². The molecule has 3 rings (SSSR count). The minimum atomic E-state index is 0.0960. The van der Waals surface area contributed by atoms with Crippen LogP contribution in [-0.4, -0.2) is 11.9 Å². The van der Waals surface area contributed by atoms with E-state index >= 15 is 0 Å². The predicted octanol–water partition coefficient (Wildman–Crippen LogP) is 4.09. The maximum absolute atomic E-state index is 12.2. The molecule has 0 spiro atoms. The summed E-state index contributed by atoms with van der Waals surface area (Å²) in [5.41, 5.74) is 3.77. The molecule has 0 aromatic heterocycles. The zero-order valence-corrected chi connectivity index (χ0v) is 11.9. The van der Waals surface area contributed by atoms with Crippen LogP contribution in [0.2, 0.25) is 0 Å². The van der Waals surface area contributed by atoms with Crippen molar-refractivity contribution in [1.82, 2.24) is 0 Å². The smallest absolute Gasteiger partial charge is 0.163 e. The van der Waals surface area contributed by atoms with E-state index in [4.69, 9.17) is 4.74 Å². The highest BCUT2D eigenvalue weighted by atomic mass is 16.5. The van der Waals surface area contributed by atoms with Gasteiger partial charge in [0.1, 0.15) is 11.9 Å². The van der Waals surface area contributed by atoms with Crippen LogP contribution in [0.5, 0.6) is 0 Å². The van der Waals surface area contributed by atoms with E-state index in [-0.39, 0.29) is 12.0 Å². The highest BCUT2D eigenvalue weighted by Gasteiger charge is 2.44. The summed E-state index contributed by atoms with van der Waals surface area (Å²) in [6.07, 6.45) is 10.6. The van der Waals surface area contributed by atoms with E-state index < -0.39 is 0 Å². The van der Waals surface area contributed by atoms with Gasteiger partial charge in [0.25, 0.3) is 0 Å². The van der Waals surface area contributed by atoms with Crippen LogP contribution in [0.15, 0.2) is 34.6 Å². The minimum Gasteiger partial charge on any atom is -0.489 e. The van der Waals surface area contributed by atoms with Gasteiger partial charge >= 0.3 is 0 Å². The molecule has 1 aliphatic heterocycles. The van der Waals surface area contributed by atoms with Crippen LogP contribution < -0.4 is 0 Å². The molecule has 2 heteroatoms. The summed E-state index contributed by atoms with van der Waals surface area (Å²) in [5, 5.41) is 0. The predicted molar refractivity (Wildman–Crippen MR) is 75.6 cm³/mol. The monoisotopic (exact) mass is 258 g/mol. The number of carbonyl (C=O) groups is 1. The van der Waals surface area contributed by atoms with Gasteiger partial charge in [0.2, 0.25) is 0 Å². The zero-order valence-electron chi connectivity index (χ0n) is 11.9. The van der Waals surface area contributed by atoms with E-state index in [0.29, 0.717) is 12.2 Å². The molecule has 2 atom stereocenters.